The summed E-state index contributed by atoms with van der Waals surface area (Å²) in [5, 5.41) is 18.7. The molecule has 1 aromatic carbocycles. The van der Waals surface area contributed by atoms with Crippen molar-refractivity contribution in [1.82, 2.24) is 0 Å². The van der Waals surface area contributed by atoms with E-state index in [4.69, 9.17) is 19.5 Å². The number of benzene rings is 1. The minimum absolute atomic E-state index is 0.0233. The quantitative estimate of drug-likeness (QED) is 0.876. The Morgan fingerprint density at radius 2 is 2.24 bits per heavy atom. The van der Waals surface area contributed by atoms with Crippen LogP contribution in [0.1, 0.15) is 12.7 Å². The summed E-state index contributed by atoms with van der Waals surface area (Å²) < 4.78 is 10.9. The summed E-state index contributed by atoms with van der Waals surface area (Å²) in [6.07, 6.45) is 0. The van der Waals surface area contributed by atoms with E-state index >= 15 is 0 Å². The maximum absolute atomic E-state index is 8.97. The molecule has 0 fully saturated rings. The van der Waals surface area contributed by atoms with E-state index in [9.17, 15) is 0 Å². The van der Waals surface area contributed by atoms with Gasteiger partial charge in [0, 0.05) is 12.5 Å². The Kier molecular flexibility index (Phi) is 3.31. The van der Waals surface area contributed by atoms with E-state index in [0.29, 0.717) is 17.9 Å². The zero-order chi connectivity index (χ0) is 12.3. The third-order valence-corrected chi connectivity index (χ3v) is 2.48. The van der Waals surface area contributed by atoms with Crippen LogP contribution in [0, 0.1) is 17.2 Å². The Labute approximate surface area is 99.0 Å². The van der Waals surface area contributed by atoms with E-state index < -0.39 is 0 Å². The van der Waals surface area contributed by atoms with Crippen LogP contribution in [0.2, 0.25) is 0 Å². The highest BCUT2D eigenvalue weighted by Crippen LogP contribution is 2.32. The molecule has 1 atom stereocenters. The van der Waals surface area contributed by atoms with Gasteiger partial charge >= 0.3 is 0 Å². The van der Waals surface area contributed by atoms with E-state index in [1.54, 1.807) is 6.07 Å². The lowest BCUT2D eigenvalue weighted by atomic mass is 10.2. The van der Waals surface area contributed by atoms with Gasteiger partial charge in [-0.1, -0.05) is 19.1 Å². The molecule has 0 spiro atoms. The highest BCUT2D eigenvalue weighted by molar-refractivity contribution is 5.86. The first-order chi connectivity index (χ1) is 8.26. The van der Waals surface area contributed by atoms with Gasteiger partial charge in [0.2, 0.25) is 5.76 Å². The summed E-state index contributed by atoms with van der Waals surface area (Å²) in [4.78, 5) is 0. The van der Waals surface area contributed by atoms with Crippen LogP contribution in [0.15, 0.2) is 28.7 Å². The number of rotatable bonds is 4. The molecule has 88 valence electrons. The number of aliphatic hydroxyl groups excluding tert-OH is 1. The second-order valence-corrected chi connectivity index (χ2v) is 3.97. The Balaban J connectivity index is 2.34. The molecule has 0 aliphatic heterocycles. The molecule has 1 heterocycles. The maximum Gasteiger partial charge on any atom is 0.246 e. The number of furan rings is 1. The average Bonchev–Trinajstić information content (AvgIpc) is 2.73. The second-order valence-electron chi connectivity index (χ2n) is 3.97. The predicted octanol–water partition coefficient (Wildman–Crippen LogP) is 2.31. The van der Waals surface area contributed by atoms with Crippen molar-refractivity contribution >= 4 is 11.0 Å². The third-order valence-electron chi connectivity index (χ3n) is 2.48. The van der Waals surface area contributed by atoms with Gasteiger partial charge in [-0.15, -0.1) is 0 Å². The fourth-order valence-electron chi connectivity index (χ4n) is 1.52. The summed E-state index contributed by atoms with van der Waals surface area (Å²) in [6, 6.07) is 9.31. The Hall–Kier alpha value is -1.99. The van der Waals surface area contributed by atoms with Crippen molar-refractivity contribution in [2.24, 2.45) is 5.92 Å². The smallest absolute Gasteiger partial charge is 0.246 e. The van der Waals surface area contributed by atoms with Crippen LogP contribution in [-0.2, 0) is 0 Å². The van der Waals surface area contributed by atoms with E-state index in [0.717, 1.165) is 5.39 Å². The van der Waals surface area contributed by atoms with Crippen LogP contribution < -0.4 is 4.74 Å². The number of nitriles is 1. The molecule has 0 aliphatic carbocycles. The molecule has 0 aliphatic rings. The van der Waals surface area contributed by atoms with Gasteiger partial charge in [0.25, 0.3) is 0 Å². The summed E-state index contributed by atoms with van der Waals surface area (Å²) >= 11 is 0. The molecule has 0 saturated carbocycles. The van der Waals surface area contributed by atoms with Gasteiger partial charge in [0.1, 0.15) is 11.7 Å². The second kappa shape index (κ2) is 4.89. The van der Waals surface area contributed by atoms with Gasteiger partial charge < -0.3 is 14.3 Å². The fourth-order valence-corrected chi connectivity index (χ4v) is 1.52. The zero-order valence-electron chi connectivity index (χ0n) is 9.51. The molecule has 1 N–H and O–H groups in total. The van der Waals surface area contributed by atoms with Crippen molar-refractivity contribution in [1.29, 1.82) is 5.26 Å². The highest BCUT2D eigenvalue weighted by Gasteiger charge is 2.15. The molecule has 0 amide bonds. The average molecular weight is 231 g/mol. The van der Waals surface area contributed by atoms with Crippen molar-refractivity contribution in [2.45, 2.75) is 6.92 Å². The van der Waals surface area contributed by atoms with Crippen LogP contribution in [0.4, 0.5) is 0 Å². The monoisotopic (exact) mass is 231 g/mol. The lowest BCUT2D eigenvalue weighted by Crippen LogP contribution is -2.12. The predicted molar refractivity (Wildman–Crippen MR) is 62.7 cm³/mol. The number of fused-ring (bicyclic) bond motifs is 1. The van der Waals surface area contributed by atoms with Crippen molar-refractivity contribution in [3.8, 4) is 11.8 Å². The van der Waals surface area contributed by atoms with Crippen LogP contribution >= 0.6 is 0 Å². The van der Waals surface area contributed by atoms with Gasteiger partial charge in [-0.2, -0.15) is 5.26 Å². The van der Waals surface area contributed by atoms with Gasteiger partial charge in [0.05, 0.1) is 12.0 Å². The summed E-state index contributed by atoms with van der Waals surface area (Å²) in [7, 11) is 0. The van der Waals surface area contributed by atoms with Crippen LogP contribution in [0.5, 0.6) is 5.75 Å². The maximum atomic E-state index is 8.97. The molecule has 0 bridgehead atoms. The standard InChI is InChI=1S/C13H13NO3/c1-9(7-15)8-16-13-10-4-2-3-5-11(10)17-12(13)6-14/h2-5,9,15H,7-8H2,1H3. The van der Waals surface area contributed by atoms with Crippen molar-refractivity contribution in [2.75, 3.05) is 13.2 Å². The van der Waals surface area contributed by atoms with Gasteiger partial charge in [-0.3, -0.25) is 0 Å². The number of aliphatic hydroxyl groups is 1. The molecule has 1 aromatic heterocycles. The van der Waals surface area contributed by atoms with E-state index in [1.165, 1.54) is 0 Å². The molecule has 17 heavy (non-hydrogen) atoms. The summed E-state index contributed by atoms with van der Waals surface area (Å²) in [6.45, 7) is 2.28. The number of hydrogen-bond acceptors (Lipinski definition) is 4. The van der Waals surface area contributed by atoms with Crippen molar-refractivity contribution in [3.05, 3.63) is 30.0 Å². The Morgan fingerprint density at radius 1 is 1.47 bits per heavy atom. The molecule has 4 heteroatoms. The van der Waals surface area contributed by atoms with Gasteiger partial charge in [0.15, 0.2) is 5.75 Å². The number of para-hydroxylation sites is 1. The third kappa shape index (κ3) is 2.24. The molecular formula is C13H13NO3. The largest absolute Gasteiger partial charge is 0.488 e. The van der Waals surface area contributed by atoms with E-state index in [2.05, 4.69) is 0 Å². The molecular weight excluding hydrogens is 218 g/mol. The zero-order valence-corrected chi connectivity index (χ0v) is 9.51. The van der Waals surface area contributed by atoms with Gasteiger partial charge in [-0.05, 0) is 12.1 Å². The first-order valence-electron chi connectivity index (χ1n) is 5.41. The topological polar surface area (TPSA) is 66.4 Å². The number of ether oxygens (including phenoxy) is 1. The van der Waals surface area contributed by atoms with Crippen LogP contribution in [0.3, 0.4) is 0 Å². The van der Waals surface area contributed by atoms with E-state index in [-0.39, 0.29) is 18.3 Å². The summed E-state index contributed by atoms with van der Waals surface area (Å²) in [5.74, 6) is 0.662. The molecule has 1 unspecified atom stereocenters. The summed E-state index contributed by atoms with van der Waals surface area (Å²) in [5.41, 5.74) is 0.635. The lowest BCUT2D eigenvalue weighted by Gasteiger charge is -2.09. The van der Waals surface area contributed by atoms with Crippen LogP contribution in [-0.4, -0.2) is 18.3 Å². The minimum atomic E-state index is 0.0233. The molecule has 2 rings (SSSR count). The van der Waals surface area contributed by atoms with E-state index in [1.807, 2.05) is 31.2 Å². The first kappa shape index (κ1) is 11.5. The minimum Gasteiger partial charge on any atom is -0.488 e. The molecule has 4 nitrogen and oxygen atoms in total. The van der Waals surface area contributed by atoms with Crippen molar-refractivity contribution in [3.63, 3.8) is 0 Å². The van der Waals surface area contributed by atoms with Crippen molar-refractivity contribution < 1.29 is 14.3 Å². The normalized spacial score (nSPS) is 12.3. The molecule has 0 radical (unpaired) electrons. The number of nitrogens with zero attached hydrogens (tertiary/aromatic N) is 1. The Bertz CT molecular complexity index is 553. The van der Waals surface area contributed by atoms with Crippen LogP contribution in [0.25, 0.3) is 11.0 Å². The molecule has 0 saturated heterocycles. The lowest BCUT2D eigenvalue weighted by molar-refractivity contribution is 0.174. The first-order valence-corrected chi connectivity index (χ1v) is 5.41. The number of hydrogen-bond donors (Lipinski definition) is 1. The fraction of sp³-hybridized carbons (Fsp3) is 0.308. The SMILES string of the molecule is CC(CO)COc1c(C#N)oc2ccccc12. The molecule has 2 aromatic rings. The Morgan fingerprint density at radius 3 is 2.94 bits per heavy atom. The highest BCUT2D eigenvalue weighted by atomic mass is 16.5. The van der Waals surface area contributed by atoms with Gasteiger partial charge in [-0.25, -0.2) is 0 Å².